The Morgan fingerprint density at radius 1 is 1.32 bits per heavy atom. The molecule has 0 aromatic rings. The number of nitrogens with one attached hydrogen (secondary N) is 1. The zero-order valence-electron chi connectivity index (χ0n) is 12.2. The van der Waals surface area contributed by atoms with Crippen LogP contribution < -0.4 is 5.32 Å². The third-order valence-electron chi connectivity index (χ3n) is 4.23. The number of nitrogens with zero attached hydrogens (tertiary/aromatic N) is 1. The third kappa shape index (κ3) is 3.39. The predicted octanol–water partition coefficient (Wildman–Crippen LogP) is 1.36. The fourth-order valence-corrected chi connectivity index (χ4v) is 3.02. The number of rotatable bonds is 0. The molecule has 1 atom stereocenters. The molecular formula is C14H26N2O3. The molecule has 0 aromatic heterocycles. The number of amides is 1. The van der Waals surface area contributed by atoms with Gasteiger partial charge in [0.05, 0.1) is 12.6 Å². The van der Waals surface area contributed by atoms with Crippen molar-refractivity contribution in [1.29, 1.82) is 0 Å². The molecule has 2 aliphatic rings. The fraction of sp³-hybridized carbons (Fsp3) is 0.929. The molecule has 0 bridgehead atoms. The second-order valence-corrected chi connectivity index (χ2v) is 6.80. The van der Waals surface area contributed by atoms with E-state index >= 15 is 0 Å². The molecule has 0 aromatic carbocycles. The molecule has 0 saturated carbocycles. The lowest BCUT2D eigenvalue weighted by atomic mass is 9.70. The maximum Gasteiger partial charge on any atom is 0.410 e. The summed E-state index contributed by atoms with van der Waals surface area (Å²) in [5.41, 5.74) is -0.476. The van der Waals surface area contributed by atoms with E-state index in [2.05, 4.69) is 5.32 Å². The molecule has 2 N–H and O–H groups in total. The SMILES string of the molecule is CC(C)(C)OC(=O)N1CCC2(CCNCC2)C(O)C1. The van der Waals surface area contributed by atoms with Crippen LogP contribution in [0.3, 0.4) is 0 Å². The number of likely N-dealkylation sites (tertiary alicyclic amines) is 1. The maximum absolute atomic E-state index is 12.0. The Bertz CT molecular complexity index is 332. The van der Waals surface area contributed by atoms with E-state index in [0.717, 1.165) is 32.4 Å². The topological polar surface area (TPSA) is 61.8 Å². The minimum atomic E-state index is -0.480. The molecule has 2 rings (SSSR count). The first-order valence-corrected chi connectivity index (χ1v) is 7.19. The summed E-state index contributed by atoms with van der Waals surface area (Å²) in [6, 6.07) is 0. The number of aliphatic hydroxyl groups is 1. The summed E-state index contributed by atoms with van der Waals surface area (Å²) in [5, 5.41) is 13.8. The van der Waals surface area contributed by atoms with E-state index in [-0.39, 0.29) is 11.5 Å². The monoisotopic (exact) mass is 270 g/mol. The quantitative estimate of drug-likeness (QED) is 0.697. The molecule has 19 heavy (non-hydrogen) atoms. The number of β-amino-alcohol motifs (C(OH)–C–C–N with tert-alkyl or cyclic N) is 1. The Hall–Kier alpha value is -0.810. The molecule has 1 amide bonds. The van der Waals surface area contributed by atoms with Gasteiger partial charge in [-0.3, -0.25) is 0 Å². The average Bonchev–Trinajstić information content (AvgIpc) is 2.32. The second kappa shape index (κ2) is 5.29. The van der Waals surface area contributed by atoms with Crippen LogP contribution in [0.1, 0.15) is 40.0 Å². The van der Waals surface area contributed by atoms with Crippen LogP contribution in [0, 0.1) is 5.41 Å². The van der Waals surface area contributed by atoms with Crippen molar-refractivity contribution in [2.75, 3.05) is 26.2 Å². The Morgan fingerprint density at radius 2 is 1.95 bits per heavy atom. The lowest BCUT2D eigenvalue weighted by Crippen LogP contribution is -2.56. The standard InChI is InChI=1S/C14H26N2O3/c1-13(2,3)19-12(18)16-9-6-14(11(17)10-16)4-7-15-8-5-14/h11,15,17H,4-10H2,1-3H3. The first-order chi connectivity index (χ1) is 8.82. The molecular weight excluding hydrogens is 244 g/mol. The molecule has 2 saturated heterocycles. The van der Waals surface area contributed by atoms with Gasteiger partial charge in [-0.25, -0.2) is 4.79 Å². The Kier molecular flexibility index (Phi) is 4.06. The van der Waals surface area contributed by atoms with Crippen LogP contribution in [0.5, 0.6) is 0 Å². The van der Waals surface area contributed by atoms with E-state index in [1.807, 2.05) is 20.8 Å². The van der Waals surface area contributed by atoms with Crippen molar-refractivity contribution in [3.8, 4) is 0 Å². The van der Waals surface area contributed by atoms with Gasteiger partial charge in [-0.1, -0.05) is 0 Å². The Balaban J connectivity index is 1.94. The molecule has 110 valence electrons. The first kappa shape index (κ1) is 14.6. The van der Waals surface area contributed by atoms with Crippen LogP contribution in [-0.2, 0) is 4.74 Å². The summed E-state index contributed by atoms with van der Waals surface area (Å²) in [5.74, 6) is 0. The smallest absolute Gasteiger partial charge is 0.410 e. The van der Waals surface area contributed by atoms with Crippen molar-refractivity contribution >= 4 is 6.09 Å². The lowest BCUT2D eigenvalue weighted by molar-refractivity contribution is -0.0664. The molecule has 5 heteroatoms. The van der Waals surface area contributed by atoms with E-state index in [4.69, 9.17) is 4.74 Å². The van der Waals surface area contributed by atoms with Crippen molar-refractivity contribution in [2.24, 2.45) is 5.41 Å². The second-order valence-electron chi connectivity index (χ2n) is 6.80. The fourth-order valence-electron chi connectivity index (χ4n) is 3.02. The van der Waals surface area contributed by atoms with Crippen molar-refractivity contribution in [1.82, 2.24) is 10.2 Å². The van der Waals surface area contributed by atoms with Crippen molar-refractivity contribution in [2.45, 2.75) is 51.7 Å². The predicted molar refractivity (Wildman–Crippen MR) is 73.0 cm³/mol. The first-order valence-electron chi connectivity index (χ1n) is 7.19. The molecule has 1 spiro atoms. The lowest BCUT2D eigenvalue weighted by Gasteiger charge is -2.47. The molecule has 2 aliphatic heterocycles. The molecule has 2 heterocycles. The number of hydrogen-bond donors (Lipinski definition) is 2. The van der Waals surface area contributed by atoms with E-state index in [0.29, 0.717) is 13.1 Å². The summed E-state index contributed by atoms with van der Waals surface area (Å²) in [6.45, 7) is 8.59. The number of carbonyl (C=O) groups is 1. The van der Waals surface area contributed by atoms with Crippen molar-refractivity contribution in [3.05, 3.63) is 0 Å². The van der Waals surface area contributed by atoms with Gasteiger partial charge in [0.1, 0.15) is 5.60 Å². The highest BCUT2D eigenvalue weighted by Gasteiger charge is 2.44. The van der Waals surface area contributed by atoms with Gasteiger partial charge in [0.15, 0.2) is 0 Å². The number of hydrogen-bond acceptors (Lipinski definition) is 4. The van der Waals surface area contributed by atoms with Gasteiger partial charge in [0, 0.05) is 12.0 Å². The van der Waals surface area contributed by atoms with Crippen LogP contribution >= 0.6 is 0 Å². The molecule has 0 aliphatic carbocycles. The Morgan fingerprint density at radius 3 is 2.47 bits per heavy atom. The van der Waals surface area contributed by atoms with E-state index in [1.165, 1.54) is 0 Å². The molecule has 2 fully saturated rings. The Labute approximate surface area is 115 Å². The van der Waals surface area contributed by atoms with Gasteiger partial charge in [-0.05, 0) is 53.1 Å². The van der Waals surface area contributed by atoms with Gasteiger partial charge in [0.2, 0.25) is 0 Å². The van der Waals surface area contributed by atoms with Crippen molar-refractivity contribution < 1.29 is 14.6 Å². The van der Waals surface area contributed by atoms with Crippen LogP contribution in [-0.4, -0.2) is 54.0 Å². The largest absolute Gasteiger partial charge is 0.444 e. The minimum absolute atomic E-state index is 0.00373. The van der Waals surface area contributed by atoms with Gasteiger partial charge in [0.25, 0.3) is 0 Å². The van der Waals surface area contributed by atoms with Gasteiger partial charge < -0.3 is 20.1 Å². The highest BCUT2D eigenvalue weighted by Crippen LogP contribution is 2.39. The normalized spacial score (nSPS) is 27.4. The summed E-state index contributed by atoms with van der Waals surface area (Å²) < 4.78 is 5.36. The molecule has 1 unspecified atom stereocenters. The van der Waals surface area contributed by atoms with Crippen LogP contribution in [0.15, 0.2) is 0 Å². The number of piperidine rings is 2. The highest BCUT2D eigenvalue weighted by atomic mass is 16.6. The van der Waals surface area contributed by atoms with Crippen LogP contribution in [0.25, 0.3) is 0 Å². The summed E-state index contributed by atoms with van der Waals surface area (Å²) >= 11 is 0. The minimum Gasteiger partial charge on any atom is -0.444 e. The van der Waals surface area contributed by atoms with E-state index < -0.39 is 11.7 Å². The number of carbonyl (C=O) groups excluding carboxylic acids is 1. The zero-order chi connectivity index (χ0) is 14.1. The highest BCUT2D eigenvalue weighted by molar-refractivity contribution is 5.68. The number of aliphatic hydroxyl groups excluding tert-OH is 1. The van der Waals surface area contributed by atoms with Gasteiger partial charge in [-0.2, -0.15) is 0 Å². The molecule has 0 radical (unpaired) electrons. The van der Waals surface area contributed by atoms with Crippen LogP contribution in [0.2, 0.25) is 0 Å². The number of ether oxygens (including phenoxy) is 1. The van der Waals surface area contributed by atoms with E-state index in [1.54, 1.807) is 4.90 Å². The third-order valence-corrected chi connectivity index (χ3v) is 4.23. The summed E-state index contributed by atoms with van der Waals surface area (Å²) in [7, 11) is 0. The molecule has 5 nitrogen and oxygen atoms in total. The van der Waals surface area contributed by atoms with Crippen molar-refractivity contribution in [3.63, 3.8) is 0 Å². The van der Waals surface area contributed by atoms with Gasteiger partial charge >= 0.3 is 6.09 Å². The van der Waals surface area contributed by atoms with Gasteiger partial charge in [-0.15, -0.1) is 0 Å². The average molecular weight is 270 g/mol. The van der Waals surface area contributed by atoms with Crippen LogP contribution in [0.4, 0.5) is 4.79 Å². The summed E-state index contributed by atoms with van der Waals surface area (Å²) in [4.78, 5) is 13.7. The maximum atomic E-state index is 12.0. The zero-order valence-corrected chi connectivity index (χ0v) is 12.2. The summed E-state index contributed by atoms with van der Waals surface area (Å²) in [6.07, 6.45) is 2.12. The van der Waals surface area contributed by atoms with E-state index in [9.17, 15) is 9.90 Å².